The number of ether oxygens (including phenoxy) is 1. The van der Waals surface area contributed by atoms with Gasteiger partial charge >= 0.3 is 65.1 Å². The zero-order valence-corrected chi connectivity index (χ0v) is 25.7. The molecule has 190 valence electrons. The number of rotatable bonds is 9. The SMILES string of the molecule is CC(=O)OCC1=C(C(=O)[O-])N2C(=O)[C@@H](NC(=O)C(NC(=O)[C@H]3C[C@H]3C(=O)[O-])c3ccccc3)[C@H]2SC1.[Na+].[Na+]. The Morgan fingerprint density at radius 3 is 2.32 bits per heavy atom. The van der Waals surface area contributed by atoms with Crippen molar-refractivity contribution in [2.45, 2.75) is 30.8 Å². The summed E-state index contributed by atoms with van der Waals surface area (Å²) in [7, 11) is 0. The molecule has 5 atom stereocenters. The fourth-order valence-electron chi connectivity index (χ4n) is 4.15. The molecule has 0 aromatic heterocycles. The van der Waals surface area contributed by atoms with Crippen molar-refractivity contribution in [1.82, 2.24) is 15.5 Å². The zero-order valence-electron chi connectivity index (χ0n) is 20.9. The van der Waals surface area contributed by atoms with Crippen molar-refractivity contribution in [1.29, 1.82) is 0 Å². The summed E-state index contributed by atoms with van der Waals surface area (Å²) in [5.41, 5.74) is 0.212. The van der Waals surface area contributed by atoms with Gasteiger partial charge in [-0.25, -0.2) is 0 Å². The molecule has 2 heterocycles. The van der Waals surface area contributed by atoms with Gasteiger partial charge in [-0.15, -0.1) is 11.8 Å². The molecule has 0 bridgehead atoms. The number of nitrogens with zero attached hydrogens (tertiary/aromatic N) is 1. The molecule has 15 heteroatoms. The molecule has 1 aromatic rings. The van der Waals surface area contributed by atoms with Crippen LogP contribution >= 0.6 is 11.8 Å². The Morgan fingerprint density at radius 1 is 1.11 bits per heavy atom. The molecule has 2 fully saturated rings. The molecule has 1 unspecified atom stereocenters. The summed E-state index contributed by atoms with van der Waals surface area (Å²) in [6, 6.07) is 5.90. The Balaban J connectivity index is 0.00000253. The van der Waals surface area contributed by atoms with E-state index >= 15 is 0 Å². The molecule has 12 nitrogen and oxygen atoms in total. The van der Waals surface area contributed by atoms with Crippen molar-refractivity contribution in [2.24, 2.45) is 11.8 Å². The van der Waals surface area contributed by atoms with Crippen LogP contribution in [0, 0.1) is 11.8 Å². The van der Waals surface area contributed by atoms with E-state index in [9.17, 15) is 39.0 Å². The van der Waals surface area contributed by atoms with Gasteiger partial charge in [0.2, 0.25) is 11.8 Å². The van der Waals surface area contributed by atoms with E-state index in [0.717, 1.165) is 4.90 Å². The Labute approximate surface area is 265 Å². The minimum absolute atomic E-state index is 0. The number of carboxylic acid groups (broad SMARTS) is 2. The first-order valence-electron chi connectivity index (χ1n) is 11.0. The molecule has 2 N–H and O–H groups in total. The summed E-state index contributed by atoms with van der Waals surface area (Å²) in [5.74, 6) is -7.20. The summed E-state index contributed by atoms with van der Waals surface area (Å²) >= 11 is 1.18. The van der Waals surface area contributed by atoms with Gasteiger partial charge in [-0.05, 0) is 12.0 Å². The van der Waals surface area contributed by atoms with Gasteiger partial charge in [0.15, 0.2) is 0 Å². The minimum Gasteiger partial charge on any atom is -0.550 e. The zero-order chi connectivity index (χ0) is 26.1. The number of thioether (sulfide) groups is 1. The average Bonchev–Trinajstić information content (AvgIpc) is 3.65. The van der Waals surface area contributed by atoms with Gasteiger partial charge in [-0.2, -0.15) is 0 Å². The van der Waals surface area contributed by atoms with Crippen LogP contribution in [0.3, 0.4) is 0 Å². The molecule has 2 aliphatic heterocycles. The maximum atomic E-state index is 13.2. The van der Waals surface area contributed by atoms with Gasteiger partial charge in [0.25, 0.3) is 5.91 Å². The smallest absolute Gasteiger partial charge is 0.550 e. The van der Waals surface area contributed by atoms with Crippen molar-refractivity contribution < 1.29 is 103 Å². The summed E-state index contributed by atoms with van der Waals surface area (Å²) < 4.78 is 4.87. The topological polar surface area (TPSA) is 185 Å². The molecule has 0 spiro atoms. The van der Waals surface area contributed by atoms with Gasteiger partial charge in [-0.3, -0.25) is 24.1 Å². The first kappa shape index (κ1) is 32.3. The molecule has 1 saturated carbocycles. The number of esters is 1. The van der Waals surface area contributed by atoms with Gasteiger partial charge in [0.1, 0.15) is 24.1 Å². The Hall–Kier alpha value is -1.87. The number of aliphatic carboxylic acids is 2. The van der Waals surface area contributed by atoms with Crippen LogP contribution in [0.25, 0.3) is 0 Å². The second-order valence-corrected chi connectivity index (χ2v) is 9.64. The number of fused-ring (bicyclic) bond motifs is 1. The quantitative estimate of drug-likeness (QED) is 0.167. The van der Waals surface area contributed by atoms with Crippen LogP contribution < -0.4 is 80.0 Å². The van der Waals surface area contributed by atoms with Crippen LogP contribution in [-0.4, -0.2) is 64.3 Å². The van der Waals surface area contributed by atoms with Crippen LogP contribution in [0.5, 0.6) is 0 Å². The number of β-lactam (4-membered cyclic amide) rings is 1. The van der Waals surface area contributed by atoms with E-state index in [0.29, 0.717) is 5.56 Å². The van der Waals surface area contributed by atoms with Gasteiger partial charge in [0.05, 0.1) is 11.7 Å². The van der Waals surface area contributed by atoms with E-state index in [1.54, 1.807) is 30.3 Å². The van der Waals surface area contributed by atoms with Crippen molar-refractivity contribution >= 4 is 47.4 Å². The first-order chi connectivity index (χ1) is 17.1. The molecule has 1 aromatic carbocycles. The molecule has 1 aliphatic carbocycles. The second-order valence-electron chi connectivity index (χ2n) is 8.54. The van der Waals surface area contributed by atoms with Gasteiger partial charge in [0, 0.05) is 36.1 Å². The maximum absolute atomic E-state index is 13.2. The first-order valence-corrected chi connectivity index (χ1v) is 12.0. The molecule has 4 rings (SSSR count). The number of hydrogen-bond acceptors (Lipinski definition) is 10. The third-order valence-electron chi connectivity index (χ3n) is 6.10. The van der Waals surface area contributed by atoms with E-state index in [1.165, 1.54) is 18.7 Å². The van der Waals surface area contributed by atoms with Gasteiger partial charge < -0.3 is 35.2 Å². The largest absolute Gasteiger partial charge is 1.00 e. The number of carbonyl (C=O) groups excluding carboxylic acids is 6. The third kappa shape index (κ3) is 6.82. The van der Waals surface area contributed by atoms with E-state index in [4.69, 9.17) is 4.74 Å². The van der Waals surface area contributed by atoms with Gasteiger partial charge in [-0.1, -0.05) is 30.3 Å². The van der Waals surface area contributed by atoms with E-state index in [-0.39, 0.29) is 83.5 Å². The number of hydrogen-bond donors (Lipinski definition) is 2. The summed E-state index contributed by atoms with van der Waals surface area (Å²) in [6.45, 7) is 0.859. The predicted octanol–water partition coefficient (Wildman–Crippen LogP) is -8.80. The molecule has 3 aliphatic rings. The standard InChI is InChI=1S/C23H23N3O9S.2Na/c1-10(27)35-8-12-9-36-21-16(20(30)26(21)17(12)23(33)34)25-19(29)15(11-5-3-2-4-6-11)24-18(28)13-7-14(13)22(31)32;;/h2-6,13-16,21H,7-9H2,1H3,(H,24,28)(H,25,29)(H,31,32)(H,33,34);;/q;2*+1/p-2/t13-,14+,15?,16+,21+;;/m0../s1. The fourth-order valence-corrected chi connectivity index (χ4v) is 5.48. The number of amides is 3. The van der Waals surface area contributed by atoms with Crippen LogP contribution in [0.15, 0.2) is 41.6 Å². The van der Waals surface area contributed by atoms with Crippen LogP contribution in [0.2, 0.25) is 0 Å². The Morgan fingerprint density at radius 2 is 1.76 bits per heavy atom. The Bertz CT molecular complexity index is 1180. The second kappa shape index (κ2) is 13.5. The van der Waals surface area contributed by atoms with Crippen molar-refractivity contribution in [3.63, 3.8) is 0 Å². The normalized spacial score (nSPS) is 23.8. The predicted molar refractivity (Wildman–Crippen MR) is 118 cm³/mol. The third-order valence-corrected chi connectivity index (χ3v) is 7.44. The number of carbonyl (C=O) groups is 6. The fraction of sp³-hybridized carbons (Fsp3) is 0.391. The Kier molecular flexibility index (Phi) is 11.5. The van der Waals surface area contributed by atoms with E-state index in [1.807, 2.05) is 0 Å². The molecular weight excluding hydrogens is 540 g/mol. The molecule has 0 radical (unpaired) electrons. The summed E-state index contributed by atoms with van der Waals surface area (Å²) in [4.78, 5) is 73.4. The van der Waals surface area contributed by atoms with Crippen molar-refractivity contribution in [2.75, 3.05) is 12.4 Å². The maximum Gasteiger partial charge on any atom is 1.00 e. The molecular formula is C23H21N3Na2O9S. The molecule has 1 saturated heterocycles. The van der Waals surface area contributed by atoms with Crippen molar-refractivity contribution in [3.8, 4) is 0 Å². The number of nitrogens with one attached hydrogen (secondary N) is 2. The molecule has 3 amide bonds. The minimum atomic E-state index is -1.61. The average molecular weight is 561 g/mol. The summed E-state index contributed by atoms with van der Waals surface area (Å²) in [5, 5.41) is 27.1. The van der Waals surface area contributed by atoms with E-state index in [2.05, 4.69) is 10.6 Å². The number of carboxylic acids is 2. The van der Waals surface area contributed by atoms with Crippen LogP contribution in [0.4, 0.5) is 0 Å². The van der Waals surface area contributed by atoms with Crippen LogP contribution in [0.1, 0.15) is 24.9 Å². The van der Waals surface area contributed by atoms with Crippen LogP contribution in [-0.2, 0) is 33.5 Å². The van der Waals surface area contributed by atoms with E-state index < -0.39 is 70.6 Å². The number of benzene rings is 1. The summed E-state index contributed by atoms with van der Waals surface area (Å²) in [6.07, 6.45) is 0.111. The molecule has 38 heavy (non-hydrogen) atoms. The monoisotopic (exact) mass is 561 g/mol. The van der Waals surface area contributed by atoms with Crippen molar-refractivity contribution in [3.05, 3.63) is 47.2 Å².